The lowest BCUT2D eigenvalue weighted by Crippen LogP contribution is -2.68. The molecule has 11 nitrogen and oxygen atoms in total. The summed E-state index contributed by atoms with van der Waals surface area (Å²) >= 11 is 0. The highest BCUT2D eigenvalue weighted by Crippen LogP contribution is 2.57. The molecule has 13 heteroatoms. The monoisotopic (exact) mass is 480 g/mol. The van der Waals surface area contributed by atoms with Crippen molar-refractivity contribution < 1.29 is 33.0 Å². The average Bonchev–Trinajstić information content (AvgIpc) is 3.41. The number of rotatable bonds is 8. The predicted octanol–water partition coefficient (Wildman–Crippen LogP) is 1.92. The molecular formula is C21H26F2N6O5. The van der Waals surface area contributed by atoms with E-state index in [0.29, 0.717) is 18.5 Å². The van der Waals surface area contributed by atoms with E-state index in [1.54, 1.807) is 6.07 Å². The average molecular weight is 480 g/mol. The lowest BCUT2D eigenvalue weighted by molar-refractivity contribution is -0.0559. The molecule has 4 N–H and O–H groups in total. The number of halogens is 2. The molecule has 4 aliphatic carbocycles. The molecule has 0 aromatic carbocycles. The number of aliphatic hydroxyl groups is 1. The van der Waals surface area contributed by atoms with Crippen LogP contribution in [0.3, 0.4) is 0 Å². The van der Waals surface area contributed by atoms with E-state index < -0.39 is 37.2 Å². The molecule has 0 unspecified atom stereocenters. The zero-order valence-corrected chi connectivity index (χ0v) is 18.5. The van der Waals surface area contributed by atoms with Gasteiger partial charge in [-0.15, -0.1) is 5.10 Å². The topological polar surface area (TPSA) is 143 Å². The lowest BCUT2D eigenvalue weighted by atomic mass is 9.50. The van der Waals surface area contributed by atoms with Gasteiger partial charge in [0.15, 0.2) is 12.4 Å². The number of hydrogen-bond donors (Lipinski definition) is 4. The molecular weight excluding hydrogens is 454 g/mol. The Hall–Kier alpha value is -3.22. The fourth-order valence-electron chi connectivity index (χ4n) is 5.04. The molecule has 6 rings (SSSR count). The molecule has 4 saturated carbocycles. The summed E-state index contributed by atoms with van der Waals surface area (Å²) in [6.45, 7) is -0.818. The van der Waals surface area contributed by atoms with Crippen molar-refractivity contribution in [3.8, 4) is 5.88 Å². The highest BCUT2D eigenvalue weighted by molar-refractivity contribution is 6.02. The largest absolute Gasteiger partial charge is 0.471 e. The molecule has 2 heterocycles. The van der Waals surface area contributed by atoms with Crippen molar-refractivity contribution in [2.75, 3.05) is 11.9 Å². The fraction of sp³-hybridized carbons (Fsp3) is 0.619. The summed E-state index contributed by atoms with van der Waals surface area (Å²) in [4.78, 5) is 24.8. The third-order valence-electron chi connectivity index (χ3n) is 6.86. The van der Waals surface area contributed by atoms with Gasteiger partial charge >= 0.3 is 6.09 Å². The van der Waals surface area contributed by atoms with Crippen LogP contribution in [0.5, 0.6) is 5.88 Å². The zero-order valence-electron chi connectivity index (χ0n) is 18.5. The van der Waals surface area contributed by atoms with Gasteiger partial charge < -0.3 is 25.2 Å². The molecule has 3 atom stereocenters. The first kappa shape index (κ1) is 22.6. The third-order valence-corrected chi connectivity index (χ3v) is 6.86. The number of hydrogen-bond acceptors (Lipinski definition) is 7. The normalized spacial score (nSPS) is 29.3. The molecule has 2 aromatic heterocycles. The van der Waals surface area contributed by atoms with E-state index in [0.717, 1.165) is 25.2 Å². The number of ether oxygens (including phenoxy) is 2. The van der Waals surface area contributed by atoms with E-state index in [1.165, 1.54) is 17.8 Å². The van der Waals surface area contributed by atoms with Gasteiger partial charge in [0, 0.05) is 36.3 Å². The van der Waals surface area contributed by atoms with Crippen molar-refractivity contribution in [1.82, 2.24) is 25.3 Å². The molecule has 0 radical (unpaired) electrons. The van der Waals surface area contributed by atoms with Crippen LogP contribution in [-0.4, -0.2) is 67.9 Å². The van der Waals surface area contributed by atoms with Crippen LogP contribution >= 0.6 is 0 Å². The molecule has 34 heavy (non-hydrogen) atoms. The number of nitrogens with zero attached hydrogens (tertiary/aromatic N) is 3. The summed E-state index contributed by atoms with van der Waals surface area (Å²) in [6.07, 6.45) is -0.751. The second kappa shape index (κ2) is 8.53. The Morgan fingerprint density at radius 1 is 1.32 bits per heavy atom. The Labute approximate surface area is 193 Å². The first-order chi connectivity index (χ1) is 16.2. The summed E-state index contributed by atoms with van der Waals surface area (Å²) in [7, 11) is 1.49. The van der Waals surface area contributed by atoms with E-state index in [2.05, 4.69) is 25.9 Å². The molecule has 0 aliphatic heterocycles. The van der Waals surface area contributed by atoms with Gasteiger partial charge in [-0.05, 0) is 38.0 Å². The highest BCUT2D eigenvalue weighted by Gasteiger charge is 2.58. The number of aryl methyl sites for hydroxylation is 1. The maximum absolute atomic E-state index is 12.6. The number of H-pyrrole nitrogens is 1. The Kier molecular flexibility index (Phi) is 5.66. The quantitative estimate of drug-likeness (QED) is 0.452. The van der Waals surface area contributed by atoms with Crippen LogP contribution in [0.2, 0.25) is 0 Å². The number of carbonyl (C=O) groups is 2. The molecule has 184 valence electrons. The number of carbonyl (C=O) groups excluding carboxylic acids is 2. The zero-order chi connectivity index (χ0) is 24.0. The number of aromatic amines is 1. The first-order valence-corrected chi connectivity index (χ1v) is 11.2. The Morgan fingerprint density at radius 3 is 2.76 bits per heavy atom. The maximum Gasteiger partial charge on any atom is 0.407 e. The Morgan fingerprint density at radius 2 is 2.09 bits per heavy atom. The van der Waals surface area contributed by atoms with Gasteiger partial charge in [-0.3, -0.25) is 14.6 Å². The van der Waals surface area contributed by atoms with Crippen LogP contribution in [0.15, 0.2) is 12.1 Å². The fourth-order valence-corrected chi connectivity index (χ4v) is 5.04. The summed E-state index contributed by atoms with van der Waals surface area (Å²) in [6, 6.07) is 2.91. The summed E-state index contributed by atoms with van der Waals surface area (Å²) < 4.78 is 36.1. The second-order valence-corrected chi connectivity index (χ2v) is 9.42. The Bertz CT molecular complexity index is 1070. The summed E-state index contributed by atoms with van der Waals surface area (Å²) in [5.74, 6) is 0.219. The molecule has 2 bridgehead atoms. The lowest BCUT2D eigenvalue weighted by Gasteiger charge is -2.61. The van der Waals surface area contributed by atoms with Crippen LogP contribution in [0.25, 0.3) is 0 Å². The van der Waals surface area contributed by atoms with E-state index >= 15 is 0 Å². The van der Waals surface area contributed by atoms with Crippen LogP contribution in [0, 0.1) is 5.92 Å². The van der Waals surface area contributed by atoms with Crippen molar-refractivity contribution in [1.29, 1.82) is 0 Å². The standard InChI is InChI=1S/C21H26F2N6O5/c1-29-13(5-18(28-29)33-9-16(22)23)19(31)24-17-4-12(26-27-17)11-2-14(30)15(3-11)34-20(32)25-21-6-10(7-21)8-21/h4-5,10-11,14-16,30H,2-3,6-9H2,1H3,(H,25,32)(H2,24,26,27,31)/t10?,11-,14+,15-,21?/m0/s1. The van der Waals surface area contributed by atoms with Crippen molar-refractivity contribution in [3.05, 3.63) is 23.5 Å². The summed E-state index contributed by atoms with van der Waals surface area (Å²) in [5.41, 5.74) is 0.699. The van der Waals surface area contributed by atoms with Crippen LogP contribution in [0.4, 0.5) is 19.4 Å². The highest BCUT2D eigenvalue weighted by atomic mass is 19.3. The number of nitrogens with one attached hydrogen (secondary N) is 3. The van der Waals surface area contributed by atoms with E-state index in [9.17, 15) is 23.5 Å². The number of aromatic nitrogens is 4. The van der Waals surface area contributed by atoms with Crippen molar-refractivity contribution in [2.24, 2.45) is 13.0 Å². The number of amides is 2. The van der Waals surface area contributed by atoms with Crippen LogP contribution in [0.1, 0.15) is 54.2 Å². The first-order valence-electron chi connectivity index (χ1n) is 11.2. The van der Waals surface area contributed by atoms with Gasteiger partial charge in [-0.1, -0.05) is 0 Å². The molecule has 0 spiro atoms. The number of anilines is 1. The van der Waals surface area contributed by atoms with Gasteiger partial charge in [0.05, 0.1) is 6.10 Å². The molecule has 4 fully saturated rings. The number of alkyl carbamates (subject to hydrolysis) is 1. The second-order valence-electron chi connectivity index (χ2n) is 9.42. The maximum atomic E-state index is 12.6. The SMILES string of the molecule is Cn1nc(OCC(F)F)cc1C(=O)Nc1cc([C@H]2C[C@@H](O)[C@@H](OC(=O)NC34CC(C3)C4)C2)[nH]n1. The van der Waals surface area contributed by atoms with Gasteiger partial charge in [0.2, 0.25) is 5.88 Å². The van der Waals surface area contributed by atoms with Gasteiger partial charge in [-0.25, -0.2) is 13.6 Å². The van der Waals surface area contributed by atoms with E-state index in [1.807, 2.05) is 0 Å². The molecule has 2 amide bonds. The molecule has 0 saturated heterocycles. The molecule has 2 aromatic rings. The van der Waals surface area contributed by atoms with Gasteiger partial charge in [0.1, 0.15) is 11.8 Å². The smallest absolute Gasteiger partial charge is 0.407 e. The van der Waals surface area contributed by atoms with E-state index in [-0.39, 0.29) is 28.8 Å². The van der Waals surface area contributed by atoms with Crippen molar-refractivity contribution in [3.63, 3.8) is 0 Å². The predicted molar refractivity (Wildman–Crippen MR) is 113 cm³/mol. The van der Waals surface area contributed by atoms with E-state index in [4.69, 9.17) is 9.47 Å². The molecule has 4 aliphatic rings. The van der Waals surface area contributed by atoms with Crippen LogP contribution in [-0.2, 0) is 11.8 Å². The van der Waals surface area contributed by atoms with Crippen LogP contribution < -0.4 is 15.4 Å². The Balaban J connectivity index is 1.15. The van der Waals surface area contributed by atoms with Gasteiger partial charge in [0.25, 0.3) is 12.3 Å². The number of alkyl halides is 2. The minimum atomic E-state index is -2.65. The minimum absolute atomic E-state index is 0.0836. The number of aliphatic hydroxyl groups excluding tert-OH is 1. The van der Waals surface area contributed by atoms with Gasteiger partial charge in [-0.2, -0.15) is 5.10 Å². The minimum Gasteiger partial charge on any atom is -0.471 e. The van der Waals surface area contributed by atoms with Crippen molar-refractivity contribution >= 4 is 17.8 Å². The van der Waals surface area contributed by atoms with Crippen molar-refractivity contribution in [2.45, 2.75) is 62.2 Å². The summed E-state index contributed by atoms with van der Waals surface area (Å²) in [5, 5.41) is 26.8. The third kappa shape index (κ3) is 4.43.